The van der Waals surface area contributed by atoms with Gasteiger partial charge in [-0.3, -0.25) is 0 Å². The Morgan fingerprint density at radius 3 is 1.86 bits per heavy atom. The standard InChI is InChI=1S/C8H14O6/c1-6(7(11)12)8(13-4-2-9)14-5-3-10/h9-10H,2-5H2,1H3,(H,11,12). The third-order valence-electron chi connectivity index (χ3n) is 1.28. The number of aliphatic hydroxyl groups is 2. The van der Waals surface area contributed by atoms with Crippen LogP contribution >= 0.6 is 0 Å². The topological polar surface area (TPSA) is 96.2 Å². The number of carbonyl (C=O) groups is 1. The van der Waals surface area contributed by atoms with Gasteiger partial charge in [-0.05, 0) is 6.92 Å². The highest BCUT2D eigenvalue weighted by Crippen LogP contribution is 2.07. The maximum atomic E-state index is 10.5. The molecular formula is C8H14O6. The molecule has 14 heavy (non-hydrogen) atoms. The smallest absolute Gasteiger partial charge is 0.338 e. The van der Waals surface area contributed by atoms with Crippen LogP contribution in [0.15, 0.2) is 11.5 Å². The second-order valence-corrected chi connectivity index (χ2v) is 2.36. The van der Waals surface area contributed by atoms with E-state index in [1.807, 2.05) is 0 Å². The number of rotatable bonds is 7. The summed E-state index contributed by atoms with van der Waals surface area (Å²) in [4.78, 5) is 10.5. The zero-order valence-electron chi connectivity index (χ0n) is 7.89. The molecule has 0 spiro atoms. The van der Waals surface area contributed by atoms with E-state index >= 15 is 0 Å². The summed E-state index contributed by atoms with van der Waals surface area (Å²) < 4.78 is 9.66. The number of aliphatic hydroxyl groups excluding tert-OH is 2. The molecule has 0 aliphatic heterocycles. The minimum Gasteiger partial charge on any atom is -0.478 e. The zero-order valence-corrected chi connectivity index (χ0v) is 7.89. The van der Waals surface area contributed by atoms with Crippen LogP contribution in [0.4, 0.5) is 0 Å². The number of aliphatic carboxylic acids is 1. The van der Waals surface area contributed by atoms with Gasteiger partial charge in [-0.2, -0.15) is 0 Å². The number of carboxylic acids is 1. The second kappa shape index (κ2) is 7.16. The fraction of sp³-hybridized carbons (Fsp3) is 0.625. The highest BCUT2D eigenvalue weighted by Gasteiger charge is 2.12. The first kappa shape index (κ1) is 12.7. The fourth-order valence-electron chi connectivity index (χ4n) is 0.622. The first-order chi connectivity index (χ1) is 6.63. The molecule has 0 atom stereocenters. The van der Waals surface area contributed by atoms with Crippen molar-refractivity contribution in [3.05, 3.63) is 11.5 Å². The largest absolute Gasteiger partial charge is 0.478 e. The maximum Gasteiger partial charge on any atom is 0.338 e. The molecule has 6 nitrogen and oxygen atoms in total. The van der Waals surface area contributed by atoms with E-state index in [9.17, 15) is 4.79 Å². The van der Waals surface area contributed by atoms with Gasteiger partial charge in [0.2, 0.25) is 0 Å². The molecule has 0 unspecified atom stereocenters. The summed E-state index contributed by atoms with van der Waals surface area (Å²) in [6.07, 6.45) is 0. The summed E-state index contributed by atoms with van der Waals surface area (Å²) >= 11 is 0. The van der Waals surface area contributed by atoms with Gasteiger partial charge in [-0.15, -0.1) is 0 Å². The Kier molecular flexibility index (Phi) is 6.51. The molecule has 0 fully saturated rings. The van der Waals surface area contributed by atoms with Crippen molar-refractivity contribution in [2.45, 2.75) is 6.92 Å². The van der Waals surface area contributed by atoms with E-state index in [0.29, 0.717) is 0 Å². The molecule has 0 aromatic carbocycles. The molecule has 0 heterocycles. The highest BCUT2D eigenvalue weighted by atomic mass is 16.7. The van der Waals surface area contributed by atoms with Crippen LogP contribution < -0.4 is 0 Å². The Morgan fingerprint density at radius 2 is 1.57 bits per heavy atom. The van der Waals surface area contributed by atoms with Crippen LogP contribution in [-0.4, -0.2) is 47.7 Å². The Hall–Kier alpha value is -1.27. The summed E-state index contributed by atoms with van der Waals surface area (Å²) in [5, 5.41) is 25.5. The van der Waals surface area contributed by atoms with Gasteiger partial charge in [-0.1, -0.05) is 0 Å². The molecule has 0 rings (SSSR count). The van der Waals surface area contributed by atoms with Crippen molar-refractivity contribution in [2.24, 2.45) is 0 Å². The van der Waals surface area contributed by atoms with Gasteiger partial charge in [0, 0.05) is 0 Å². The molecule has 0 radical (unpaired) electrons. The van der Waals surface area contributed by atoms with Crippen LogP contribution in [0.1, 0.15) is 6.92 Å². The van der Waals surface area contributed by atoms with E-state index < -0.39 is 5.97 Å². The third-order valence-corrected chi connectivity index (χ3v) is 1.28. The van der Waals surface area contributed by atoms with E-state index in [-0.39, 0.29) is 37.9 Å². The molecular weight excluding hydrogens is 192 g/mol. The Morgan fingerprint density at radius 1 is 1.14 bits per heavy atom. The van der Waals surface area contributed by atoms with Gasteiger partial charge in [0.1, 0.15) is 18.8 Å². The van der Waals surface area contributed by atoms with E-state index in [2.05, 4.69) is 0 Å². The van der Waals surface area contributed by atoms with Crippen LogP contribution in [0.25, 0.3) is 0 Å². The van der Waals surface area contributed by atoms with E-state index in [0.717, 1.165) is 0 Å². The van der Waals surface area contributed by atoms with E-state index in [4.69, 9.17) is 24.8 Å². The maximum absolute atomic E-state index is 10.5. The van der Waals surface area contributed by atoms with E-state index in [1.54, 1.807) is 0 Å². The summed E-state index contributed by atoms with van der Waals surface area (Å²) in [5.41, 5.74) is -0.105. The second-order valence-electron chi connectivity index (χ2n) is 2.36. The zero-order chi connectivity index (χ0) is 11.0. The Labute approximate surface area is 81.4 Å². The number of hydrogen-bond donors (Lipinski definition) is 3. The van der Waals surface area contributed by atoms with E-state index in [1.165, 1.54) is 6.92 Å². The average molecular weight is 206 g/mol. The fourth-order valence-corrected chi connectivity index (χ4v) is 0.622. The first-order valence-corrected chi connectivity index (χ1v) is 4.05. The van der Waals surface area contributed by atoms with Crippen LogP contribution in [0.3, 0.4) is 0 Å². The molecule has 6 heteroatoms. The molecule has 82 valence electrons. The lowest BCUT2D eigenvalue weighted by atomic mass is 10.3. The molecule has 0 saturated carbocycles. The first-order valence-electron chi connectivity index (χ1n) is 4.05. The van der Waals surface area contributed by atoms with Gasteiger partial charge in [0.25, 0.3) is 5.95 Å². The number of carboxylic acid groups (broad SMARTS) is 1. The van der Waals surface area contributed by atoms with Gasteiger partial charge in [-0.25, -0.2) is 4.79 Å². The molecule has 3 N–H and O–H groups in total. The predicted octanol–water partition coefficient (Wildman–Crippen LogP) is -0.680. The van der Waals surface area contributed by atoms with Crippen LogP contribution in [0.2, 0.25) is 0 Å². The van der Waals surface area contributed by atoms with Gasteiger partial charge < -0.3 is 24.8 Å². The van der Waals surface area contributed by atoms with Gasteiger partial charge in [0.05, 0.1) is 13.2 Å². The van der Waals surface area contributed by atoms with Crippen molar-refractivity contribution in [2.75, 3.05) is 26.4 Å². The van der Waals surface area contributed by atoms with Crippen molar-refractivity contribution in [1.82, 2.24) is 0 Å². The summed E-state index contributed by atoms with van der Waals surface area (Å²) in [7, 11) is 0. The van der Waals surface area contributed by atoms with Crippen LogP contribution in [0.5, 0.6) is 0 Å². The SMILES string of the molecule is CC(C(=O)O)=C(OCCO)OCCO. The van der Waals surface area contributed by atoms with Gasteiger partial charge >= 0.3 is 5.97 Å². The number of ether oxygens (including phenoxy) is 2. The van der Waals surface area contributed by atoms with Crippen molar-refractivity contribution in [1.29, 1.82) is 0 Å². The normalized spacial score (nSPS) is 9.36. The van der Waals surface area contributed by atoms with Gasteiger partial charge in [0.15, 0.2) is 0 Å². The average Bonchev–Trinajstić information content (AvgIpc) is 2.17. The predicted molar refractivity (Wildman–Crippen MR) is 46.4 cm³/mol. The minimum atomic E-state index is -1.17. The number of hydrogen-bond acceptors (Lipinski definition) is 5. The third kappa shape index (κ3) is 4.68. The van der Waals surface area contributed by atoms with Crippen molar-refractivity contribution in [3.63, 3.8) is 0 Å². The molecule has 0 amide bonds. The monoisotopic (exact) mass is 206 g/mol. The quantitative estimate of drug-likeness (QED) is 0.377. The summed E-state index contributed by atoms with van der Waals surface area (Å²) in [6, 6.07) is 0. The highest BCUT2D eigenvalue weighted by molar-refractivity contribution is 5.86. The van der Waals surface area contributed by atoms with Crippen molar-refractivity contribution < 1.29 is 29.6 Å². The lowest BCUT2D eigenvalue weighted by Crippen LogP contribution is -2.11. The minimum absolute atomic E-state index is 0.0502. The Bertz CT molecular complexity index is 200. The molecule has 0 aromatic heterocycles. The molecule has 0 aliphatic carbocycles. The summed E-state index contributed by atoms with van der Waals surface area (Å²) in [6.45, 7) is 0.737. The lowest BCUT2D eigenvalue weighted by Gasteiger charge is -2.11. The lowest BCUT2D eigenvalue weighted by molar-refractivity contribution is -0.133. The van der Waals surface area contributed by atoms with Crippen LogP contribution in [0, 0.1) is 0 Å². The molecule has 0 aliphatic rings. The molecule has 0 bridgehead atoms. The van der Waals surface area contributed by atoms with Crippen LogP contribution in [-0.2, 0) is 14.3 Å². The van der Waals surface area contributed by atoms with Crippen molar-refractivity contribution >= 4 is 5.97 Å². The molecule has 0 aromatic rings. The summed E-state index contributed by atoms with van der Waals surface area (Å²) in [5.74, 6) is -1.35. The Balaban J connectivity index is 4.35. The van der Waals surface area contributed by atoms with Crippen molar-refractivity contribution in [3.8, 4) is 0 Å². The molecule has 0 saturated heterocycles.